The van der Waals surface area contributed by atoms with Crippen molar-refractivity contribution in [3.63, 3.8) is 0 Å². The first kappa shape index (κ1) is 32.4. The highest BCUT2D eigenvalue weighted by Gasteiger charge is 2.20. The van der Waals surface area contributed by atoms with Crippen molar-refractivity contribution >= 4 is 44.6 Å². The van der Waals surface area contributed by atoms with Gasteiger partial charge >= 0.3 is 0 Å². The fourth-order valence-corrected chi connectivity index (χ4v) is 6.91. The van der Waals surface area contributed by atoms with Crippen LogP contribution in [0, 0.1) is 0 Å². The van der Waals surface area contributed by atoms with Crippen LogP contribution in [0.1, 0.15) is 16.7 Å². The Labute approximate surface area is 304 Å². The van der Waals surface area contributed by atoms with Gasteiger partial charge in [-0.2, -0.15) is 0 Å². The molecule has 0 spiro atoms. The Hall–Kier alpha value is -6.85. The molecule has 0 bridgehead atoms. The molecule has 0 radical (unpaired) electrons. The van der Waals surface area contributed by atoms with Crippen LogP contribution in [0.3, 0.4) is 0 Å². The molecule has 0 atom stereocenters. The lowest BCUT2D eigenvalue weighted by molar-refractivity contribution is 0.416. The maximum atomic E-state index is 6.73. The Morgan fingerprint density at radius 1 is 0.731 bits per heavy atom. The van der Waals surface area contributed by atoms with Gasteiger partial charge in [-0.25, -0.2) is 0 Å². The van der Waals surface area contributed by atoms with Crippen molar-refractivity contribution < 1.29 is 4.74 Å². The summed E-state index contributed by atoms with van der Waals surface area (Å²) in [7, 11) is 1.72. The van der Waals surface area contributed by atoms with E-state index < -0.39 is 0 Å². The van der Waals surface area contributed by atoms with Crippen LogP contribution < -0.4 is 15.4 Å². The molecule has 0 aliphatic carbocycles. The van der Waals surface area contributed by atoms with Gasteiger partial charge in [0.1, 0.15) is 11.6 Å². The van der Waals surface area contributed by atoms with E-state index in [2.05, 4.69) is 113 Å². The standard InChI is InChI=1S/C47H38N4O/c1-33-15-13-14-28-50(47(49-32-34-16-5-3-6-17-34)31-42(48)35-18-7-4-8-19-35)43-26-24-36(29-40(33)43)41-30-37(25-27-46(41)52-2)51-44-22-11-9-20-38(44)39-21-10-12-23-45(39)51/h3-31H,1,32,48H2,2H3/b15-13-,28-14-,42-31-,49-47?. The van der Waals surface area contributed by atoms with Crippen LogP contribution in [0.25, 0.3) is 49.9 Å². The van der Waals surface area contributed by atoms with Gasteiger partial charge in [0.2, 0.25) is 0 Å². The van der Waals surface area contributed by atoms with Crippen LogP contribution in [0.2, 0.25) is 0 Å². The van der Waals surface area contributed by atoms with Crippen molar-refractivity contribution in [1.29, 1.82) is 0 Å². The van der Waals surface area contributed by atoms with E-state index in [0.29, 0.717) is 18.1 Å². The molecule has 7 aromatic rings. The molecular weight excluding hydrogens is 637 g/mol. The molecule has 1 aliphatic heterocycles. The quantitative estimate of drug-likeness (QED) is 0.135. The topological polar surface area (TPSA) is 55.8 Å². The van der Waals surface area contributed by atoms with Crippen LogP contribution in [0.15, 0.2) is 188 Å². The summed E-state index contributed by atoms with van der Waals surface area (Å²) in [6.07, 6.45) is 10.0. The van der Waals surface area contributed by atoms with Gasteiger partial charge < -0.3 is 19.9 Å². The fraction of sp³-hybridized carbons (Fsp3) is 0.0426. The van der Waals surface area contributed by atoms with Crippen LogP contribution >= 0.6 is 0 Å². The number of ether oxygens (including phenoxy) is 1. The number of fused-ring (bicyclic) bond motifs is 4. The summed E-state index contributed by atoms with van der Waals surface area (Å²) < 4.78 is 8.30. The van der Waals surface area contributed by atoms with E-state index >= 15 is 0 Å². The summed E-state index contributed by atoms with van der Waals surface area (Å²) in [6, 6.07) is 50.2. The number of anilines is 1. The molecule has 0 fully saturated rings. The number of methoxy groups -OCH3 is 1. The third-order valence-electron chi connectivity index (χ3n) is 9.48. The molecule has 5 nitrogen and oxygen atoms in total. The lowest BCUT2D eigenvalue weighted by Crippen LogP contribution is -2.26. The van der Waals surface area contributed by atoms with E-state index in [1.807, 2.05) is 79.0 Å². The van der Waals surface area contributed by atoms with E-state index in [1.165, 1.54) is 10.8 Å². The van der Waals surface area contributed by atoms with Gasteiger partial charge in [-0.1, -0.05) is 122 Å². The second-order valence-electron chi connectivity index (χ2n) is 12.7. The Bertz CT molecular complexity index is 2500. The largest absolute Gasteiger partial charge is 0.496 e. The van der Waals surface area contributed by atoms with Crippen LogP contribution in [0.4, 0.5) is 5.69 Å². The number of nitrogens with zero attached hydrogens (tertiary/aromatic N) is 3. The monoisotopic (exact) mass is 674 g/mol. The molecular formula is C47H38N4O. The van der Waals surface area contributed by atoms with Crippen molar-refractivity contribution in [2.24, 2.45) is 10.7 Å². The Morgan fingerprint density at radius 3 is 2.12 bits per heavy atom. The van der Waals surface area contributed by atoms with Crippen molar-refractivity contribution in [2.45, 2.75) is 6.54 Å². The smallest absolute Gasteiger partial charge is 0.134 e. The zero-order chi connectivity index (χ0) is 35.4. The zero-order valence-corrected chi connectivity index (χ0v) is 29.0. The summed E-state index contributed by atoms with van der Waals surface area (Å²) in [5.74, 6) is 1.50. The minimum absolute atomic E-state index is 0.496. The Kier molecular flexibility index (Phi) is 8.82. The summed E-state index contributed by atoms with van der Waals surface area (Å²) in [5, 5.41) is 2.44. The summed E-state index contributed by atoms with van der Waals surface area (Å²) in [6.45, 7) is 4.99. The highest BCUT2D eigenvalue weighted by atomic mass is 16.5. The van der Waals surface area contributed by atoms with Crippen LogP contribution in [0.5, 0.6) is 5.75 Å². The third kappa shape index (κ3) is 6.21. The number of para-hydroxylation sites is 2. The van der Waals surface area contributed by atoms with Crippen molar-refractivity contribution in [3.05, 3.63) is 199 Å². The molecule has 2 heterocycles. The summed E-state index contributed by atoms with van der Waals surface area (Å²) in [5.41, 5.74) is 17.6. The molecule has 0 amide bonds. The SMILES string of the molecule is C=C1/C=C\C=C/N(C(/C=C(\N)c2ccccc2)=NCc2ccccc2)c2ccc(-c3cc(-n4c5ccccc5c5ccccc54)ccc3OC)cc21. The molecule has 8 rings (SSSR count). The van der Waals surface area contributed by atoms with E-state index in [0.717, 1.165) is 61.5 Å². The number of allylic oxidation sites excluding steroid dienone is 4. The van der Waals surface area contributed by atoms with E-state index in [1.54, 1.807) is 7.11 Å². The van der Waals surface area contributed by atoms with Gasteiger partial charge in [-0.15, -0.1) is 0 Å². The Morgan fingerprint density at radius 2 is 1.40 bits per heavy atom. The molecule has 1 aliphatic rings. The molecule has 252 valence electrons. The number of hydrogen-bond donors (Lipinski definition) is 1. The predicted molar refractivity (Wildman–Crippen MR) is 219 cm³/mol. The lowest BCUT2D eigenvalue weighted by atomic mass is 9.95. The van der Waals surface area contributed by atoms with E-state index in [-0.39, 0.29) is 0 Å². The van der Waals surface area contributed by atoms with E-state index in [4.69, 9.17) is 15.5 Å². The van der Waals surface area contributed by atoms with Gasteiger partial charge in [0.05, 0.1) is 30.4 Å². The predicted octanol–water partition coefficient (Wildman–Crippen LogP) is 11.0. The lowest BCUT2D eigenvalue weighted by Gasteiger charge is -2.26. The number of hydrogen-bond acceptors (Lipinski definition) is 3. The number of aliphatic imine (C=N–C) groups is 1. The maximum absolute atomic E-state index is 6.73. The van der Waals surface area contributed by atoms with Crippen molar-refractivity contribution in [2.75, 3.05) is 12.0 Å². The van der Waals surface area contributed by atoms with Gasteiger partial charge in [0.25, 0.3) is 0 Å². The molecule has 52 heavy (non-hydrogen) atoms. The van der Waals surface area contributed by atoms with Crippen LogP contribution in [-0.4, -0.2) is 17.5 Å². The second kappa shape index (κ2) is 14.2. The first-order valence-corrected chi connectivity index (χ1v) is 17.3. The van der Waals surface area contributed by atoms with E-state index in [9.17, 15) is 0 Å². The maximum Gasteiger partial charge on any atom is 0.134 e. The summed E-state index contributed by atoms with van der Waals surface area (Å²) >= 11 is 0. The van der Waals surface area contributed by atoms with Gasteiger partial charge in [-0.3, -0.25) is 4.99 Å². The van der Waals surface area contributed by atoms with Gasteiger partial charge in [-0.05, 0) is 70.8 Å². The number of benzene rings is 6. The number of rotatable bonds is 7. The average molecular weight is 675 g/mol. The van der Waals surface area contributed by atoms with Crippen molar-refractivity contribution in [1.82, 2.24) is 4.57 Å². The van der Waals surface area contributed by atoms with Gasteiger partial charge in [0, 0.05) is 45.6 Å². The zero-order valence-electron chi connectivity index (χ0n) is 29.0. The first-order chi connectivity index (χ1) is 25.6. The number of amidine groups is 1. The van der Waals surface area contributed by atoms with Gasteiger partial charge in [0.15, 0.2) is 0 Å². The Balaban J connectivity index is 1.26. The molecule has 2 N–H and O–H groups in total. The van der Waals surface area contributed by atoms with Crippen molar-refractivity contribution in [3.8, 4) is 22.6 Å². The average Bonchev–Trinajstić information content (AvgIpc) is 3.53. The number of aromatic nitrogens is 1. The molecule has 6 aromatic carbocycles. The number of nitrogens with two attached hydrogens (primary N) is 1. The normalized spacial score (nSPS) is 14.6. The highest BCUT2D eigenvalue weighted by molar-refractivity contribution is 6.12. The highest BCUT2D eigenvalue weighted by Crippen LogP contribution is 2.40. The second-order valence-corrected chi connectivity index (χ2v) is 12.7. The molecule has 5 heteroatoms. The fourth-order valence-electron chi connectivity index (χ4n) is 6.91. The minimum Gasteiger partial charge on any atom is -0.496 e. The third-order valence-corrected chi connectivity index (χ3v) is 9.48. The minimum atomic E-state index is 0.496. The first-order valence-electron chi connectivity index (χ1n) is 17.3. The molecule has 0 saturated carbocycles. The molecule has 1 aromatic heterocycles. The molecule has 0 saturated heterocycles. The molecule has 0 unspecified atom stereocenters. The van der Waals surface area contributed by atoms with Crippen LogP contribution in [-0.2, 0) is 6.54 Å². The summed E-state index contributed by atoms with van der Waals surface area (Å²) in [4.78, 5) is 7.23.